The van der Waals surface area contributed by atoms with Crippen molar-refractivity contribution < 1.29 is 19.1 Å². The van der Waals surface area contributed by atoms with Gasteiger partial charge in [0, 0.05) is 5.39 Å². The van der Waals surface area contributed by atoms with Crippen LogP contribution >= 0.6 is 0 Å². The van der Waals surface area contributed by atoms with Crippen LogP contribution in [0.4, 0.5) is 4.79 Å². The van der Waals surface area contributed by atoms with E-state index in [-0.39, 0.29) is 12.5 Å². The molecule has 0 unspecified atom stereocenters. The van der Waals surface area contributed by atoms with Gasteiger partial charge in [-0.2, -0.15) is 0 Å². The monoisotopic (exact) mass is 384 g/mol. The van der Waals surface area contributed by atoms with E-state index in [1.165, 1.54) is 7.11 Å². The smallest absolute Gasteiger partial charge is 0.407 e. The molecule has 1 aromatic heterocycles. The summed E-state index contributed by atoms with van der Waals surface area (Å²) in [6.07, 6.45) is 3.22. The lowest BCUT2D eigenvalue weighted by atomic mass is 9.92. The van der Waals surface area contributed by atoms with Crippen LogP contribution in [0, 0.1) is 5.41 Å². The Kier molecular flexibility index (Phi) is 6.44. The van der Waals surface area contributed by atoms with Crippen molar-refractivity contribution in [1.29, 1.82) is 0 Å². The molecule has 0 radical (unpaired) electrons. The second-order valence-electron chi connectivity index (χ2n) is 8.16. The number of pyridine rings is 1. The highest BCUT2D eigenvalue weighted by Gasteiger charge is 2.25. The van der Waals surface area contributed by atoms with E-state index in [0.29, 0.717) is 0 Å². The Morgan fingerprint density at radius 3 is 2.43 bits per heavy atom. The third kappa shape index (κ3) is 6.08. The molecule has 0 aliphatic heterocycles. The number of alkyl carbamates (subject to hydrolysis) is 1. The van der Waals surface area contributed by atoms with Crippen LogP contribution in [0.5, 0.6) is 0 Å². The molecule has 0 saturated carbocycles. The van der Waals surface area contributed by atoms with Gasteiger partial charge in [0.05, 0.1) is 30.3 Å². The van der Waals surface area contributed by atoms with Crippen LogP contribution in [0.25, 0.3) is 17.0 Å². The number of carbonyl (C=O) groups excluding carboxylic acids is 2. The molecule has 28 heavy (non-hydrogen) atoms. The van der Waals surface area contributed by atoms with Gasteiger partial charge in [-0.3, -0.25) is 9.78 Å². The van der Waals surface area contributed by atoms with Gasteiger partial charge >= 0.3 is 12.1 Å². The van der Waals surface area contributed by atoms with Crippen molar-refractivity contribution in [3.05, 3.63) is 47.7 Å². The topological polar surface area (TPSA) is 77.5 Å². The Balaban J connectivity index is 2.14. The first-order valence-corrected chi connectivity index (χ1v) is 9.14. The van der Waals surface area contributed by atoms with E-state index in [2.05, 4.69) is 10.3 Å². The standard InChI is InChI=1S/C22H28N2O4/c1-21(2,3)28-20(26)23-14-17-10-9-16-8-7-15(13-18(16)24-17)11-12-22(4,5)19(25)27-6/h7-13H,14H2,1-6H3,(H,23,26)/b12-11+. The van der Waals surface area contributed by atoms with E-state index in [4.69, 9.17) is 9.47 Å². The fraction of sp³-hybridized carbons (Fsp3) is 0.409. The van der Waals surface area contributed by atoms with Crippen LogP contribution in [-0.2, 0) is 20.8 Å². The summed E-state index contributed by atoms with van der Waals surface area (Å²) < 4.78 is 10.1. The highest BCUT2D eigenvalue weighted by atomic mass is 16.6. The molecule has 2 aromatic rings. The Morgan fingerprint density at radius 2 is 1.79 bits per heavy atom. The van der Waals surface area contributed by atoms with Crippen LogP contribution in [0.1, 0.15) is 45.9 Å². The van der Waals surface area contributed by atoms with E-state index in [1.807, 2.05) is 63.3 Å². The number of rotatable bonds is 5. The molecule has 1 amide bonds. The molecule has 0 aliphatic rings. The number of fused-ring (bicyclic) bond motifs is 1. The van der Waals surface area contributed by atoms with Crippen LogP contribution in [0.3, 0.4) is 0 Å². The molecule has 6 nitrogen and oxygen atoms in total. The summed E-state index contributed by atoms with van der Waals surface area (Å²) in [5.41, 5.74) is 1.21. The van der Waals surface area contributed by atoms with Gasteiger partial charge in [-0.25, -0.2) is 4.79 Å². The zero-order valence-corrected chi connectivity index (χ0v) is 17.3. The average Bonchev–Trinajstić information content (AvgIpc) is 2.62. The highest BCUT2D eigenvalue weighted by molar-refractivity contribution is 5.83. The number of ether oxygens (including phenoxy) is 2. The summed E-state index contributed by atoms with van der Waals surface area (Å²) in [4.78, 5) is 28.2. The van der Waals surface area contributed by atoms with Crippen LogP contribution in [0.2, 0.25) is 0 Å². The summed E-state index contributed by atoms with van der Waals surface area (Å²) in [7, 11) is 1.38. The van der Waals surface area contributed by atoms with E-state index >= 15 is 0 Å². The largest absolute Gasteiger partial charge is 0.468 e. The maximum Gasteiger partial charge on any atom is 0.407 e. The van der Waals surface area contributed by atoms with Gasteiger partial charge in [0.15, 0.2) is 0 Å². The average molecular weight is 384 g/mol. The number of aromatic nitrogens is 1. The molecule has 150 valence electrons. The molecular formula is C22H28N2O4. The molecule has 2 rings (SSSR count). The first-order valence-electron chi connectivity index (χ1n) is 9.14. The predicted molar refractivity (Wildman–Crippen MR) is 110 cm³/mol. The summed E-state index contributed by atoms with van der Waals surface area (Å²) in [6.45, 7) is 9.33. The Hall–Kier alpha value is -2.89. The zero-order chi connectivity index (χ0) is 20.9. The van der Waals surface area contributed by atoms with Crippen LogP contribution in [-0.4, -0.2) is 29.8 Å². The van der Waals surface area contributed by atoms with Gasteiger partial charge in [0.25, 0.3) is 0 Å². The number of esters is 1. The van der Waals surface area contributed by atoms with E-state index in [1.54, 1.807) is 13.8 Å². The fourth-order valence-electron chi connectivity index (χ4n) is 2.49. The zero-order valence-electron chi connectivity index (χ0n) is 17.3. The molecular weight excluding hydrogens is 356 g/mol. The summed E-state index contributed by atoms with van der Waals surface area (Å²) in [5, 5.41) is 3.70. The number of benzene rings is 1. The Labute approximate surface area is 165 Å². The van der Waals surface area contributed by atoms with Gasteiger partial charge in [0.2, 0.25) is 0 Å². The number of carbonyl (C=O) groups is 2. The molecule has 6 heteroatoms. The maximum atomic E-state index is 11.8. The maximum absolute atomic E-state index is 11.8. The van der Waals surface area contributed by atoms with E-state index in [9.17, 15) is 9.59 Å². The fourth-order valence-corrected chi connectivity index (χ4v) is 2.49. The number of amides is 1. The number of hydrogen-bond donors (Lipinski definition) is 1. The van der Waals surface area contributed by atoms with Crippen LogP contribution in [0.15, 0.2) is 36.4 Å². The second-order valence-corrected chi connectivity index (χ2v) is 8.16. The highest BCUT2D eigenvalue weighted by Crippen LogP contribution is 2.22. The first kappa shape index (κ1) is 21.4. The summed E-state index contributed by atoms with van der Waals surface area (Å²) in [6, 6.07) is 9.71. The van der Waals surface area contributed by atoms with Gasteiger partial charge in [-0.1, -0.05) is 30.4 Å². The van der Waals surface area contributed by atoms with Gasteiger partial charge in [0.1, 0.15) is 5.60 Å². The quantitative estimate of drug-likeness (QED) is 0.770. The van der Waals surface area contributed by atoms with Gasteiger partial charge in [-0.05, 0) is 52.3 Å². The third-order valence-corrected chi connectivity index (χ3v) is 3.99. The molecule has 1 aromatic carbocycles. The van der Waals surface area contributed by atoms with Crippen molar-refractivity contribution in [2.24, 2.45) is 5.41 Å². The number of nitrogens with zero attached hydrogens (tertiary/aromatic N) is 1. The first-order chi connectivity index (χ1) is 13.0. The third-order valence-electron chi connectivity index (χ3n) is 3.99. The normalized spacial score (nSPS) is 12.2. The van der Waals surface area contributed by atoms with E-state index in [0.717, 1.165) is 22.2 Å². The van der Waals surface area contributed by atoms with Crippen molar-refractivity contribution in [1.82, 2.24) is 10.3 Å². The Morgan fingerprint density at radius 1 is 1.11 bits per heavy atom. The molecule has 0 bridgehead atoms. The molecule has 0 fully saturated rings. The van der Waals surface area contributed by atoms with E-state index < -0.39 is 17.1 Å². The number of nitrogens with one attached hydrogen (secondary N) is 1. The number of methoxy groups -OCH3 is 1. The van der Waals surface area contributed by atoms with Crippen molar-refractivity contribution in [2.75, 3.05) is 7.11 Å². The van der Waals surface area contributed by atoms with Crippen molar-refractivity contribution >= 4 is 29.0 Å². The van der Waals surface area contributed by atoms with Gasteiger partial charge < -0.3 is 14.8 Å². The molecule has 0 aliphatic carbocycles. The lowest BCUT2D eigenvalue weighted by molar-refractivity contribution is -0.148. The predicted octanol–water partition coefficient (Wildman–Crippen LogP) is 4.47. The number of hydrogen-bond acceptors (Lipinski definition) is 5. The Bertz CT molecular complexity index is 895. The summed E-state index contributed by atoms with van der Waals surface area (Å²) >= 11 is 0. The molecule has 1 N–H and O–H groups in total. The van der Waals surface area contributed by atoms with Crippen molar-refractivity contribution in [3.63, 3.8) is 0 Å². The van der Waals surface area contributed by atoms with Crippen LogP contribution < -0.4 is 5.32 Å². The second kappa shape index (κ2) is 8.42. The lowest BCUT2D eigenvalue weighted by Gasteiger charge is -2.19. The minimum Gasteiger partial charge on any atom is -0.468 e. The molecule has 0 atom stereocenters. The SMILES string of the molecule is COC(=O)C(C)(C)/C=C/c1ccc2ccc(CNC(=O)OC(C)(C)C)nc2c1. The summed E-state index contributed by atoms with van der Waals surface area (Å²) in [5.74, 6) is -0.293. The minimum atomic E-state index is -0.712. The lowest BCUT2D eigenvalue weighted by Crippen LogP contribution is -2.32. The molecule has 1 heterocycles. The molecule has 0 saturated heterocycles. The van der Waals surface area contributed by atoms with Gasteiger partial charge in [-0.15, -0.1) is 0 Å². The molecule has 0 spiro atoms. The minimum absolute atomic E-state index is 0.278. The van der Waals surface area contributed by atoms with Crippen molar-refractivity contribution in [2.45, 2.75) is 46.8 Å². The van der Waals surface area contributed by atoms with Crippen molar-refractivity contribution in [3.8, 4) is 0 Å².